The molecule has 2 rings (SSSR count). The molecule has 0 amide bonds. The van der Waals surface area contributed by atoms with Crippen LogP contribution in [0.3, 0.4) is 0 Å². The quantitative estimate of drug-likeness (QED) is 0.443. The molecule has 6 nitrogen and oxygen atoms in total. The van der Waals surface area contributed by atoms with Crippen LogP contribution in [0.1, 0.15) is 36.7 Å². The lowest BCUT2D eigenvalue weighted by molar-refractivity contribution is 0.0472. The molecule has 1 unspecified atom stereocenters. The fourth-order valence-electron chi connectivity index (χ4n) is 2.83. The highest BCUT2D eigenvalue weighted by Gasteiger charge is 2.20. The molecule has 2 aromatic rings. The van der Waals surface area contributed by atoms with Crippen molar-refractivity contribution in [3.63, 3.8) is 0 Å². The molecule has 1 N–H and O–H groups in total. The average Bonchev–Trinajstić information content (AvgIpc) is 2.63. The Kier molecular flexibility index (Phi) is 9.13. The first-order chi connectivity index (χ1) is 12.7. The lowest BCUT2D eigenvalue weighted by Crippen LogP contribution is -2.37. The van der Waals surface area contributed by atoms with Gasteiger partial charge < -0.3 is 4.74 Å². The molecule has 0 saturated heterocycles. The van der Waals surface area contributed by atoms with Crippen molar-refractivity contribution < 1.29 is 17.9 Å². The van der Waals surface area contributed by atoms with Gasteiger partial charge in [0.1, 0.15) is 12.0 Å². The van der Waals surface area contributed by atoms with Crippen LogP contribution in [0.15, 0.2) is 48.5 Å². The van der Waals surface area contributed by atoms with Crippen molar-refractivity contribution in [3.8, 4) is 5.75 Å². The first kappa shape index (κ1) is 24.1. The maximum Gasteiger partial charge on any atom is 0.229 e. The summed E-state index contributed by atoms with van der Waals surface area (Å²) >= 11 is 0. The van der Waals surface area contributed by atoms with E-state index in [-0.39, 0.29) is 29.0 Å². The summed E-state index contributed by atoms with van der Waals surface area (Å²) in [4.78, 5) is 15.1. The normalized spacial score (nSPS) is 12.2. The van der Waals surface area contributed by atoms with Crippen molar-refractivity contribution in [3.05, 3.63) is 59.7 Å². The maximum atomic E-state index is 13.0. The van der Waals surface area contributed by atoms with Crippen LogP contribution in [0.4, 0.5) is 5.69 Å². The van der Waals surface area contributed by atoms with E-state index < -0.39 is 10.0 Å². The SMILES string of the molecule is Br.CCN(CC)C(C)Oc1ccc(NS(C)(=O)=O)cc1C(=O)c1ccccc1. The van der Waals surface area contributed by atoms with Crippen molar-refractivity contribution in [1.29, 1.82) is 0 Å². The molecule has 0 radical (unpaired) electrons. The van der Waals surface area contributed by atoms with Gasteiger partial charge in [-0.25, -0.2) is 8.42 Å². The second-order valence-corrected chi connectivity index (χ2v) is 7.97. The number of anilines is 1. The molecule has 1 atom stereocenters. The van der Waals surface area contributed by atoms with Gasteiger partial charge in [0.05, 0.1) is 11.8 Å². The molecular weight excluding hydrogens is 444 g/mol. The Morgan fingerprint density at radius 1 is 1.11 bits per heavy atom. The van der Waals surface area contributed by atoms with E-state index in [9.17, 15) is 13.2 Å². The second kappa shape index (κ2) is 10.6. The summed E-state index contributed by atoms with van der Waals surface area (Å²) in [5.41, 5.74) is 1.14. The number of carbonyl (C=O) groups excluding carboxylic acids is 1. The van der Waals surface area contributed by atoms with Gasteiger partial charge in [0.15, 0.2) is 5.78 Å². The number of ether oxygens (including phenoxy) is 1. The lowest BCUT2D eigenvalue weighted by atomic mass is 10.0. The van der Waals surface area contributed by atoms with Gasteiger partial charge in [-0.05, 0) is 38.2 Å². The van der Waals surface area contributed by atoms with Crippen molar-refractivity contribution in [2.24, 2.45) is 0 Å². The van der Waals surface area contributed by atoms with Crippen LogP contribution in [0.25, 0.3) is 0 Å². The summed E-state index contributed by atoms with van der Waals surface area (Å²) in [7, 11) is -3.45. The molecule has 0 aliphatic rings. The summed E-state index contributed by atoms with van der Waals surface area (Å²) in [6.45, 7) is 7.63. The average molecular weight is 471 g/mol. The Labute approximate surface area is 177 Å². The van der Waals surface area contributed by atoms with Crippen LogP contribution in [-0.4, -0.2) is 44.7 Å². The summed E-state index contributed by atoms with van der Waals surface area (Å²) in [6, 6.07) is 13.6. The van der Waals surface area contributed by atoms with E-state index >= 15 is 0 Å². The fourth-order valence-corrected chi connectivity index (χ4v) is 3.38. The Hall–Kier alpha value is -1.90. The first-order valence-electron chi connectivity index (χ1n) is 8.87. The molecule has 154 valence electrons. The van der Waals surface area contributed by atoms with Crippen molar-refractivity contribution in [2.45, 2.75) is 27.0 Å². The Bertz CT molecular complexity index is 884. The predicted octanol–water partition coefficient (Wildman–Crippen LogP) is 3.93. The number of sulfonamides is 1. The van der Waals surface area contributed by atoms with Gasteiger partial charge in [-0.15, -0.1) is 17.0 Å². The Morgan fingerprint density at radius 2 is 1.71 bits per heavy atom. The molecule has 28 heavy (non-hydrogen) atoms. The van der Waals surface area contributed by atoms with Gasteiger partial charge in [0.2, 0.25) is 10.0 Å². The summed E-state index contributed by atoms with van der Waals surface area (Å²) in [5.74, 6) is 0.191. The van der Waals surface area contributed by atoms with Crippen LogP contribution in [-0.2, 0) is 10.0 Å². The third kappa shape index (κ3) is 6.61. The zero-order valence-corrected chi connectivity index (χ0v) is 19.0. The van der Waals surface area contributed by atoms with Crippen molar-refractivity contribution in [1.82, 2.24) is 4.90 Å². The minimum absolute atomic E-state index is 0. The summed E-state index contributed by atoms with van der Waals surface area (Å²) in [6.07, 6.45) is 0.842. The molecule has 0 bridgehead atoms. The smallest absolute Gasteiger partial charge is 0.229 e. The molecule has 8 heteroatoms. The Morgan fingerprint density at radius 3 is 2.25 bits per heavy atom. The lowest BCUT2D eigenvalue weighted by Gasteiger charge is -2.27. The molecule has 0 heterocycles. The Balaban J connectivity index is 0.00000392. The molecule has 0 spiro atoms. The minimum atomic E-state index is -3.45. The summed E-state index contributed by atoms with van der Waals surface area (Å²) in [5, 5.41) is 0. The standard InChI is InChI=1S/C20H26N2O4S.BrH/c1-5-22(6-2)15(3)26-19-13-12-17(21-27(4,24)25)14-18(19)20(23)16-10-8-7-9-11-16;/h7-15,21H,5-6H2,1-4H3;1H. The molecule has 0 saturated carbocycles. The fraction of sp³-hybridized carbons (Fsp3) is 0.350. The number of ketones is 1. The monoisotopic (exact) mass is 470 g/mol. The first-order valence-corrected chi connectivity index (χ1v) is 10.8. The van der Waals surface area contributed by atoms with Gasteiger partial charge in [-0.1, -0.05) is 44.2 Å². The summed E-state index contributed by atoms with van der Waals surface area (Å²) < 4.78 is 31.5. The van der Waals surface area contributed by atoms with Gasteiger partial charge in [-0.3, -0.25) is 14.4 Å². The molecule has 0 aromatic heterocycles. The van der Waals surface area contributed by atoms with E-state index in [0.29, 0.717) is 22.6 Å². The minimum Gasteiger partial charge on any atom is -0.475 e. The van der Waals surface area contributed by atoms with E-state index in [4.69, 9.17) is 4.74 Å². The van der Waals surface area contributed by atoms with Crippen LogP contribution in [0.2, 0.25) is 0 Å². The van der Waals surface area contributed by atoms with Crippen molar-refractivity contribution >= 4 is 38.5 Å². The van der Waals surface area contributed by atoms with Gasteiger partial charge in [0.25, 0.3) is 0 Å². The number of benzene rings is 2. The topological polar surface area (TPSA) is 75.7 Å². The number of carbonyl (C=O) groups is 1. The highest BCUT2D eigenvalue weighted by atomic mass is 79.9. The van der Waals surface area contributed by atoms with Gasteiger partial charge in [-0.2, -0.15) is 0 Å². The van der Waals surface area contributed by atoms with Gasteiger partial charge in [0, 0.05) is 11.3 Å². The maximum absolute atomic E-state index is 13.0. The van der Waals surface area contributed by atoms with Crippen LogP contribution in [0, 0.1) is 0 Å². The van der Waals surface area contributed by atoms with E-state index in [0.717, 1.165) is 19.3 Å². The van der Waals surface area contributed by atoms with Gasteiger partial charge >= 0.3 is 0 Å². The number of halogens is 1. The third-order valence-electron chi connectivity index (χ3n) is 4.19. The van der Waals surface area contributed by atoms with E-state index in [1.165, 1.54) is 6.07 Å². The second-order valence-electron chi connectivity index (χ2n) is 6.22. The number of rotatable bonds is 9. The number of hydrogen-bond acceptors (Lipinski definition) is 5. The van der Waals surface area contributed by atoms with Crippen LogP contribution in [0.5, 0.6) is 5.75 Å². The molecule has 0 aliphatic heterocycles. The van der Waals surface area contributed by atoms with E-state index in [2.05, 4.69) is 9.62 Å². The number of nitrogens with one attached hydrogen (secondary N) is 1. The molecule has 2 aromatic carbocycles. The predicted molar refractivity (Wildman–Crippen MR) is 118 cm³/mol. The largest absolute Gasteiger partial charge is 0.475 e. The molecule has 0 fully saturated rings. The zero-order chi connectivity index (χ0) is 20.0. The zero-order valence-electron chi connectivity index (χ0n) is 16.5. The van der Waals surface area contributed by atoms with E-state index in [1.807, 2.05) is 26.8 Å². The number of hydrogen-bond donors (Lipinski definition) is 1. The third-order valence-corrected chi connectivity index (χ3v) is 4.79. The van der Waals surface area contributed by atoms with E-state index in [1.54, 1.807) is 36.4 Å². The highest BCUT2D eigenvalue weighted by Crippen LogP contribution is 2.27. The van der Waals surface area contributed by atoms with Crippen molar-refractivity contribution in [2.75, 3.05) is 24.1 Å². The number of nitrogens with zero attached hydrogens (tertiary/aromatic N) is 1. The molecule has 0 aliphatic carbocycles. The molecular formula is C20H27BrN2O4S. The van der Waals surface area contributed by atoms with Crippen LogP contribution < -0.4 is 9.46 Å². The van der Waals surface area contributed by atoms with Crippen LogP contribution >= 0.6 is 17.0 Å². The highest BCUT2D eigenvalue weighted by molar-refractivity contribution is 8.93.